The summed E-state index contributed by atoms with van der Waals surface area (Å²) in [6, 6.07) is 1.40. The molecule has 1 aliphatic heterocycles. The predicted molar refractivity (Wildman–Crippen MR) is 64.4 cm³/mol. The number of rotatable bonds is 2. The van der Waals surface area contributed by atoms with Crippen LogP contribution in [0.2, 0.25) is 37.4 Å². The van der Waals surface area contributed by atoms with E-state index >= 15 is 0 Å². The minimum Gasteiger partial charge on any atom is -0.417 e. The van der Waals surface area contributed by atoms with Gasteiger partial charge in [-0.25, -0.2) is 0 Å². The molecular weight excluding hydrogens is 192 g/mol. The van der Waals surface area contributed by atoms with E-state index in [-0.39, 0.29) is 0 Å². The molecule has 0 saturated carbocycles. The maximum absolute atomic E-state index is 6.13. The maximum atomic E-state index is 6.13. The van der Waals surface area contributed by atoms with Crippen LogP contribution in [0.25, 0.3) is 0 Å². The molecular formula is C10H24OSi2. The van der Waals surface area contributed by atoms with Gasteiger partial charge in [0.1, 0.15) is 0 Å². The summed E-state index contributed by atoms with van der Waals surface area (Å²) >= 11 is 0. The molecule has 2 atom stereocenters. The van der Waals surface area contributed by atoms with Crippen molar-refractivity contribution < 1.29 is 4.43 Å². The molecule has 1 saturated heterocycles. The summed E-state index contributed by atoms with van der Waals surface area (Å²) in [6.45, 7) is 13.4. The van der Waals surface area contributed by atoms with Gasteiger partial charge in [-0.05, 0) is 24.2 Å². The quantitative estimate of drug-likeness (QED) is 0.640. The van der Waals surface area contributed by atoms with Crippen molar-refractivity contribution in [2.45, 2.75) is 57.2 Å². The van der Waals surface area contributed by atoms with Crippen LogP contribution >= 0.6 is 0 Å². The van der Waals surface area contributed by atoms with Gasteiger partial charge >= 0.3 is 0 Å². The van der Waals surface area contributed by atoms with Gasteiger partial charge in [0.15, 0.2) is 8.32 Å². The van der Waals surface area contributed by atoms with Gasteiger partial charge in [0.2, 0.25) is 0 Å². The number of hydrogen-bond donors (Lipinski definition) is 0. The van der Waals surface area contributed by atoms with Crippen molar-refractivity contribution in [3.63, 3.8) is 0 Å². The van der Waals surface area contributed by atoms with Crippen molar-refractivity contribution in [2.24, 2.45) is 0 Å². The van der Waals surface area contributed by atoms with Crippen LogP contribution in [0.3, 0.4) is 0 Å². The fourth-order valence-corrected chi connectivity index (χ4v) is 12.6. The Labute approximate surface area is 85.0 Å². The van der Waals surface area contributed by atoms with Gasteiger partial charge in [0.25, 0.3) is 0 Å². The lowest BCUT2D eigenvalue weighted by atomic mass is 10.4. The van der Waals surface area contributed by atoms with Gasteiger partial charge in [-0.1, -0.05) is 33.0 Å². The highest BCUT2D eigenvalue weighted by atomic mass is 28.4. The van der Waals surface area contributed by atoms with Crippen LogP contribution in [0, 0.1) is 0 Å². The summed E-state index contributed by atoms with van der Waals surface area (Å²) in [7, 11) is -2.30. The van der Waals surface area contributed by atoms with Crippen LogP contribution in [0.1, 0.15) is 19.8 Å². The minimum atomic E-state index is -1.31. The monoisotopic (exact) mass is 216 g/mol. The third-order valence-corrected chi connectivity index (χ3v) is 14.8. The van der Waals surface area contributed by atoms with Crippen molar-refractivity contribution in [1.82, 2.24) is 0 Å². The van der Waals surface area contributed by atoms with E-state index in [0.717, 1.165) is 11.8 Å². The maximum Gasteiger partial charge on any atom is 0.189 e. The van der Waals surface area contributed by atoms with E-state index in [1.165, 1.54) is 18.9 Å². The summed E-state index contributed by atoms with van der Waals surface area (Å²) < 4.78 is 6.13. The molecule has 0 radical (unpaired) electrons. The van der Waals surface area contributed by atoms with Crippen molar-refractivity contribution in [1.29, 1.82) is 0 Å². The molecule has 0 bridgehead atoms. The fraction of sp³-hybridized carbons (Fsp3) is 1.00. The molecule has 1 aliphatic rings. The fourth-order valence-electron chi connectivity index (χ4n) is 2.21. The van der Waals surface area contributed by atoms with Crippen LogP contribution in [0.15, 0.2) is 0 Å². The molecule has 2 unspecified atom stereocenters. The van der Waals surface area contributed by atoms with E-state index in [0.29, 0.717) is 0 Å². The van der Waals surface area contributed by atoms with Crippen molar-refractivity contribution in [3.8, 4) is 0 Å². The molecule has 0 aromatic carbocycles. The highest BCUT2D eigenvalue weighted by Crippen LogP contribution is 2.38. The standard InChI is InChI=1S/C10H24OSi2/c1-10(12(2,3)4)13(5)9-7-6-8-11-13/h10H,6-9H2,1-5H3. The summed E-state index contributed by atoms with van der Waals surface area (Å²) in [5.74, 6) is 0. The molecule has 13 heavy (non-hydrogen) atoms. The van der Waals surface area contributed by atoms with Crippen molar-refractivity contribution in [2.75, 3.05) is 6.61 Å². The SMILES string of the molecule is CC([Si](C)(C)C)[Si]1(C)CCCCO1. The van der Waals surface area contributed by atoms with Gasteiger partial charge in [0, 0.05) is 14.7 Å². The van der Waals surface area contributed by atoms with Crippen LogP contribution in [-0.2, 0) is 4.43 Å². The highest BCUT2D eigenvalue weighted by molar-refractivity contribution is 6.94. The topological polar surface area (TPSA) is 9.23 Å². The molecule has 1 nitrogen and oxygen atoms in total. The van der Waals surface area contributed by atoms with E-state index in [1.54, 1.807) is 0 Å². The highest BCUT2D eigenvalue weighted by Gasteiger charge is 2.43. The minimum absolute atomic E-state index is 0.903. The summed E-state index contributed by atoms with van der Waals surface area (Å²) in [5.41, 5.74) is 0. The summed E-state index contributed by atoms with van der Waals surface area (Å²) in [6.07, 6.45) is 2.71. The van der Waals surface area contributed by atoms with Crippen molar-refractivity contribution >= 4 is 16.4 Å². The van der Waals surface area contributed by atoms with Gasteiger partial charge < -0.3 is 4.43 Å². The number of hydrogen-bond acceptors (Lipinski definition) is 1. The molecule has 0 aromatic rings. The zero-order valence-corrected chi connectivity index (χ0v) is 11.8. The first-order chi connectivity index (χ1) is 5.86. The Hall–Kier alpha value is 0.394. The van der Waals surface area contributed by atoms with Gasteiger partial charge in [0.05, 0.1) is 0 Å². The van der Waals surface area contributed by atoms with Gasteiger partial charge in [-0.15, -0.1) is 0 Å². The molecule has 78 valence electrons. The van der Waals surface area contributed by atoms with E-state index in [2.05, 4.69) is 33.1 Å². The van der Waals surface area contributed by atoms with Crippen LogP contribution < -0.4 is 0 Å². The molecule has 3 heteroatoms. The van der Waals surface area contributed by atoms with Crippen LogP contribution in [-0.4, -0.2) is 23.0 Å². The first-order valence-electron chi connectivity index (χ1n) is 5.50. The van der Waals surface area contributed by atoms with Gasteiger partial charge in [-0.2, -0.15) is 0 Å². The second kappa shape index (κ2) is 3.87. The lowest BCUT2D eigenvalue weighted by Gasteiger charge is -2.42. The molecule has 0 aromatic heterocycles. The molecule has 0 amide bonds. The predicted octanol–water partition coefficient (Wildman–Crippen LogP) is 3.64. The molecule has 0 aliphatic carbocycles. The first kappa shape index (κ1) is 11.5. The molecule has 1 heterocycles. The third kappa shape index (κ3) is 2.67. The molecule has 0 N–H and O–H groups in total. The zero-order chi connectivity index (χ0) is 10.1. The van der Waals surface area contributed by atoms with Gasteiger partial charge in [-0.3, -0.25) is 0 Å². The lowest BCUT2D eigenvalue weighted by Crippen LogP contribution is -2.50. The normalized spacial score (nSPS) is 33.0. The molecule has 0 spiro atoms. The average Bonchev–Trinajstić information content (AvgIpc) is 2.03. The summed E-state index contributed by atoms with van der Waals surface area (Å²) in [4.78, 5) is 0. The molecule has 1 rings (SSSR count). The zero-order valence-electron chi connectivity index (χ0n) is 9.81. The second-order valence-corrected chi connectivity index (χ2v) is 16.2. The van der Waals surface area contributed by atoms with E-state index < -0.39 is 16.4 Å². The van der Waals surface area contributed by atoms with Crippen LogP contribution in [0.5, 0.6) is 0 Å². The Morgan fingerprint density at radius 3 is 2.23 bits per heavy atom. The lowest BCUT2D eigenvalue weighted by molar-refractivity contribution is 0.268. The Morgan fingerprint density at radius 2 is 1.85 bits per heavy atom. The Kier molecular flexibility index (Phi) is 3.41. The summed E-state index contributed by atoms with van der Waals surface area (Å²) in [5, 5.41) is 0.903. The van der Waals surface area contributed by atoms with E-state index in [4.69, 9.17) is 4.43 Å². The van der Waals surface area contributed by atoms with E-state index in [1.807, 2.05) is 0 Å². The smallest absolute Gasteiger partial charge is 0.189 e. The van der Waals surface area contributed by atoms with E-state index in [9.17, 15) is 0 Å². The Morgan fingerprint density at radius 1 is 1.23 bits per heavy atom. The Bertz CT molecular complexity index is 168. The Balaban J connectivity index is 2.67. The van der Waals surface area contributed by atoms with Crippen LogP contribution in [0.4, 0.5) is 0 Å². The first-order valence-corrected chi connectivity index (χ1v) is 11.8. The average molecular weight is 216 g/mol. The largest absolute Gasteiger partial charge is 0.417 e. The second-order valence-electron chi connectivity index (χ2n) is 5.71. The third-order valence-electron chi connectivity index (χ3n) is 3.71. The molecule has 1 fully saturated rings. The van der Waals surface area contributed by atoms with Crippen molar-refractivity contribution in [3.05, 3.63) is 0 Å².